The summed E-state index contributed by atoms with van der Waals surface area (Å²) in [6.45, 7) is 0. The van der Waals surface area contributed by atoms with Crippen molar-refractivity contribution in [1.29, 1.82) is 10.8 Å². The number of benzene rings is 5. The molecule has 1 aliphatic rings. The Hall–Kier alpha value is -5.35. The van der Waals surface area contributed by atoms with Crippen LogP contribution in [-0.2, 0) is 0 Å². The molecule has 0 spiro atoms. The number of hydrogen-bond donors (Lipinski definition) is 3. The van der Waals surface area contributed by atoms with Crippen molar-refractivity contribution in [2.75, 3.05) is 5.73 Å². The molecule has 7 rings (SSSR count). The maximum Gasteiger partial charge on any atom is 0.0795 e. The number of aromatic nitrogens is 1. The zero-order chi connectivity index (χ0) is 26.8. The van der Waals surface area contributed by atoms with E-state index < -0.39 is 0 Å². The van der Waals surface area contributed by atoms with Gasteiger partial charge in [-0.25, -0.2) is 0 Å². The second-order valence-electron chi connectivity index (χ2n) is 9.45. The standard InChI is InChI=1S/C24H16N2.C11H10N2/c25-22-13-12-15(14-23(22)26)16-10-5-11-21-19-7-2-1-6-17(19)18-8-3-4-9-20(18)24(16)21;12-11-5-1-3-9(7-11)10-4-2-6-13-8-10/h1-14,25-26H;1-8H,12H2. The van der Waals surface area contributed by atoms with Gasteiger partial charge in [-0.05, 0) is 79.4 Å². The quantitative estimate of drug-likeness (QED) is 0.126. The van der Waals surface area contributed by atoms with Gasteiger partial charge in [-0.3, -0.25) is 15.8 Å². The van der Waals surface area contributed by atoms with Crippen LogP contribution >= 0.6 is 0 Å². The number of hydrogen-bond acceptors (Lipinski definition) is 4. The van der Waals surface area contributed by atoms with Gasteiger partial charge < -0.3 is 5.73 Å². The minimum absolute atomic E-state index is 0.254. The lowest BCUT2D eigenvalue weighted by molar-refractivity contribution is 1.33. The van der Waals surface area contributed by atoms with Crippen molar-refractivity contribution >= 4 is 55.0 Å². The number of nitrogens with zero attached hydrogens (tertiary/aromatic N) is 1. The highest BCUT2D eigenvalue weighted by atomic mass is 14.6. The number of nitrogens with one attached hydrogen (secondary N) is 2. The summed E-state index contributed by atoms with van der Waals surface area (Å²) in [5, 5.41) is 23.2. The average molecular weight is 503 g/mol. The van der Waals surface area contributed by atoms with Gasteiger partial charge in [0, 0.05) is 23.6 Å². The molecule has 0 unspecified atom stereocenters. The fraction of sp³-hybridized carbons (Fsp3) is 0. The van der Waals surface area contributed by atoms with E-state index in [1.165, 1.54) is 32.3 Å². The predicted molar refractivity (Wildman–Crippen MR) is 166 cm³/mol. The van der Waals surface area contributed by atoms with E-state index in [0.29, 0.717) is 0 Å². The summed E-state index contributed by atoms with van der Waals surface area (Å²) in [5.41, 5.74) is 11.3. The van der Waals surface area contributed by atoms with Crippen LogP contribution in [0.5, 0.6) is 0 Å². The van der Waals surface area contributed by atoms with Gasteiger partial charge in [-0.1, -0.05) is 91.0 Å². The Bertz CT molecular complexity index is 1900. The Morgan fingerprint density at radius 3 is 1.82 bits per heavy atom. The molecule has 5 aromatic carbocycles. The molecular weight excluding hydrogens is 476 g/mol. The molecule has 0 amide bonds. The average Bonchev–Trinajstić information content (AvgIpc) is 2.99. The predicted octanol–water partition coefficient (Wildman–Crippen LogP) is 8.47. The highest BCUT2D eigenvalue weighted by Gasteiger charge is 2.15. The topological polar surface area (TPSA) is 86.6 Å². The number of pyridine rings is 1. The maximum atomic E-state index is 8.02. The number of nitrogen functional groups attached to an aromatic ring is 1. The monoisotopic (exact) mass is 502 g/mol. The van der Waals surface area contributed by atoms with Crippen LogP contribution in [0.2, 0.25) is 0 Å². The number of rotatable bonds is 2. The molecule has 0 fully saturated rings. The fourth-order valence-corrected chi connectivity index (χ4v) is 5.16. The molecule has 4 heteroatoms. The maximum absolute atomic E-state index is 8.02. The second-order valence-corrected chi connectivity index (χ2v) is 9.45. The molecule has 0 aliphatic heterocycles. The zero-order valence-corrected chi connectivity index (χ0v) is 21.2. The van der Waals surface area contributed by atoms with Crippen LogP contribution in [0.1, 0.15) is 5.56 Å². The van der Waals surface area contributed by atoms with Gasteiger partial charge in [0.2, 0.25) is 0 Å². The first-order valence-corrected chi connectivity index (χ1v) is 12.8. The molecule has 0 bridgehead atoms. The number of nitrogens with two attached hydrogens (primary N) is 1. The summed E-state index contributed by atoms with van der Waals surface area (Å²) in [7, 11) is 0. The van der Waals surface area contributed by atoms with Crippen molar-refractivity contribution in [2.24, 2.45) is 0 Å². The Kier molecular flexibility index (Phi) is 6.28. The highest BCUT2D eigenvalue weighted by Crippen LogP contribution is 2.39. The molecule has 0 atom stereocenters. The first-order valence-electron chi connectivity index (χ1n) is 12.8. The molecule has 1 heterocycles. The van der Waals surface area contributed by atoms with Crippen LogP contribution in [0.3, 0.4) is 0 Å². The fourth-order valence-electron chi connectivity index (χ4n) is 5.16. The van der Waals surface area contributed by atoms with Crippen LogP contribution < -0.4 is 5.73 Å². The minimum Gasteiger partial charge on any atom is -0.399 e. The molecule has 0 radical (unpaired) electrons. The van der Waals surface area contributed by atoms with Crippen molar-refractivity contribution in [3.63, 3.8) is 0 Å². The molecule has 6 aromatic rings. The molecule has 1 aliphatic carbocycles. The van der Waals surface area contributed by atoms with Gasteiger partial charge in [0.1, 0.15) is 0 Å². The first kappa shape index (κ1) is 24.0. The number of fused-ring (bicyclic) bond motifs is 6. The van der Waals surface area contributed by atoms with E-state index in [-0.39, 0.29) is 11.4 Å². The van der Waals surface area contributed by atoms with E-state index in [0.717, 1.165) is 28.0 Å². The molecular formula is C35H26N4. The van der Waals surface area contributed by atoms with Crippen LogP contribution in [0.4, 0.5) is 5.69 Å². The van der Waals surface area contributed by atoms with E-state index in [1.807, 2.05) is 48.7 Å². The summed E-state index contributed by atoms with van der Waals surface area (Å²) < 4.78 is 0. The molecule has 39 heavy (non-hydrogen) atoms. The Balaban J connectivity index is 0.000000179. The summed E-state index contributed by atoms with van der Waals surface area (Å²) in [6.07, 6.45) is 9.03. The lowest BCUT2D eigenvalue weighted by atomic mass is 9.88. The summed E-state index contributed by atoms with van der Waals surface area (Å²) in [6, 6.07) is 35.1. The molecule has 4 nitrogen and oxygen atoms in total. The van der Waals surface area contributed by atoms with Crippen LogP contribution in [-0.4, -0.2) is 16.4 Å². The summed E-state index contributed by atoms with van der Waals surface area (Å²) in [4.78, 5) is 4.05. The number of allylic oxidation sites excluding steroid dienone is 4. The lowest BCUT2D eigenvalue weighted by Gasteiger charge is -2.16. The zero-order valence-electron chi connectivity index (χ0n) is 21.2. The Labute approximate surface area is 226 Å². The SMILES string of the molecule is N=C1C=CC(c2cccc3c4ccccc4c4ccccc4c23)=CC1=N.Nc1cccc(-c2cccnc2)c1. The van der Waals surface area contributed by atoms with Crippen molar-refractivity contribution in [3.8, 4) is 11.1 Å². The number of anilines is 1. The normalized spacial score (nSPS) is 12.9. The van der Waals surface area contributed by atoms with Crippen LogP contribution in [0.15, 0.2) is 134 Å². The van der Waals surface area contributed by atoms with Gasteiger partial charge in [0.15, 0.2) is 0 Å². The smallest absolute Gasteiger partial charge is 0.0795 e. The third-order valence-corrected chi connectivity index (χ3v) is 6.98. The largest absolute Gasteiger partial charge is 0.399 e. The summed E-state index contributed by atoms with van der Waals surface area (Å²) in [5.74, 6) is 0. The Morgan fingerprint density at radius 1 is 0.564 bits per heavy atom. The van der Waals surface area contributed by atoms with Gasteiger partial charge in [0.05, 0.1) is 11.4 Å². The summed E-state index contributed by atoms with van der Waals surface area (Å²) >= 11 is 0. The van der Waals surface area contributed by atoms with E-state index >= 15 is 0 Å². The minimum atomic E-state index is 0.254. The van der Waals surface area contributed by atoms with Crippen molar-refractivity contribution in [1.82, 2.24) is 4.98 Å². The molecule has 186 valence electrons. The van der Waals surface area contributed by atoms with Gasteiger partial charge in [-0.2, -0.15) is 0 Å². The third-order valence-electron chi connectivity index (χ3n) is 6.98. The lowest BCUT2D eigenvalue weighted by Crippen LogP contribution is -2.09. The van der Waals surface area contributed by atoms with Crippen molar-refractivity contribution in [3.05, 3.63) is 139 Å². The molecule has 0 saturated carbocycles. The first-order chi connectivity index (χ1) is 19.1. The Morgan fingerprint density at radius 2 is 1.18 bits per heavy atom. The second kappa shape index (κ2) is 10.2. The molecule has 4 N–H and O–H groups in total. The molecule has 1 aromatic heterocycles. The van der Waals surface area contributed by atoms with Crippen LogP contribution in [0, 0.1) is 10.8 Å². The van der Waals surface area contributed by atoms with E-state index in [2.05, 4.69) is 71.7 Å². The van der Waals surface area contributed by atoms with Gasteiger partial charge >= 0.3 is 0 Å². The highest BCUT2D eigenvalue weighted by molar-refractivity contribution is 6.50. The molecule has 0 saturated heterocycles. The van der Waals surface area contributed by atoms with E-state index in [1.54, 1.807) is 18.3 Å². The van der Waals surface area contributed by atoms with E-state index in [4.69, 9.17) is 16.6 Å². The third kappa shape index (κ3) is 4.60. The van der Waals surface area contributed by atoms with E-state index in [9.17, 15) is 0 Å². The van der Waals surface area contributed by atoms with Gasteiger partial charge in [-0.15, -0.1) is 0 Å². The van der Waals surface area contributed by atoms with Gasteiger partial charge in [0.25, 0.3) is 0 Å². The van der Waals surface area contributed by atoms with Crippen LogP contribution in [0.25, 0.3) is 49.0 Å². The van der Waals surface area contributed by atoms with Crippen molar-refractivity contribution in [2.45, 2.75) is 0 Å². The van der Waals surface area contributed by atoms with Crippen molar-refractivity contribution < 1.29 is 0 Å².